The van der Waals surface area contributed by atoms with Crippen molar-refractivity contribution in [2.24, 2.45) is 0 Å². The molecule has 1 aromatic rings. The molecule has 5 nitrogen and oxygen atoms in total. The highest BCUT2D eigenvalue weighted by molar-refractivity contribution is 6.73. The van der Waals surface area contributed by atoms with Crippen molar-refractivity contribution in [3.05, 3.63) is 17.7 Å². The molecule has 1 saturated heterocycles. The predicted molar refractivity (Wildman–Crippen MR) is 92.2 cm³/mol. The van der Waals surface area contributed by atoms with Gasteiger partial charge in [0.1, 0.15) is 17.1 Å². The Labute approximate surface area is 147 Å². The first-order chi connectivity index (χ1) is 11.5. The van der Waals surface area contributed by atoms with Gasteiger partial charge < -0.3 is 19.4 Å². The van der Waals surface area contributed by atoms with Crippen LogP contribution in [-0.2, 0) is 4.65 Å². The van der Waals surface area contributed by atoms with Crippen molar-refractivity contribution < 1.29 is 27.7 Å². The minimum atomic E-state index is -3.06. The molecule has 0 radical (unpaired) electrons. The van der Waals surface area contributed by atoms with E-state index in [9.17, 15) is 13.6 Å². The van der Waals surface area contributed by atoms with Gasteiger partial charge in [-0.25, -0.2) is 0 Å². The average Bonchev–Trinajstić information content (AvgIpc) is 2.51. The summed E-state index contributed by atoms with van der Waals surface area (Å²) in [4.78, 5) is 12.3. The zero-order valence-corrected chi connectivity index (χ0v) is 15.4. The van der Waals surface area contributed by atoms with Crippen molar-refractivity contribution in [2.45, 2.75) is 52.1 Å². The van der Waals surface area contributed by atoms with Gasteiger partial charge in [-0.2, -0.15) is 8.78 Å². The van der Waals surface area contributed by atoms with E-state index in [1.807, 2.05) is 27.7 Å². The van der Waals surface area contributed by atoms with Gasteiger partial charge >= 0.3 is 13.5 Å². The Morgan fingerprint density at radius 1 is 1.28 bits per heavy atom. The Morgan fingerprint density at radius 2 is 1.88 bits per heavy atom. The zero-order chi connectivity index (χ0) is 19.0. The topological polar surface area (TPSA) is 56.8 Å². The number of hydrogen-bond acceptors (Lipinski definition) is 4. The van der Waals surface area contributed by atoms with Gasteiger partial charge in [-0.15, -0.1) is 0 Å². The minimum absolute atomic E-state index is 0.0511. The standard InChI is InChI=1S/C17H24BF2NO4/c1-7-21-14(22)13-11(23-6)8-10(9-12(13)24-15(19)20)18-16(2,3)17(4,5)25-18/h8-9,15H,7H2,1-6H3,(H,21,22). The maximum absolute atomic E-state index is 12.9. The van der Waals surface area contributed by atoms with Crippen LogP contribution in [0, 0.1) is 0 Å². The monoisotopic (exact) mass is 355 g/mol. The molecule has 8 heteroatoms. The summed E-state index contributed by atoms with van der Waals surface area (Å²) in [6.07, 6.45) is 0. The van der Waals surface area contributed by atoms with E-state index < -0.39 is 12.5 Å². The van der Waals surface area contributed by atoms with Crippen molar-refractivity contribution >= 4 is 18.3 Å². The summed E-state index contributed by atoms with van der Waals surface area (Å²) in [7, 11) is 1.38. The van der Waals surface area contributed by atoms with E-state index in [0.29, 0.717) is 12.0 Å². The lowest BCUT2D eigenvalue weighted by atomic mass is 9.33. The van der Waals surface area contributed by atoms with Gasteiger partial charge in [0.2, 0.25) is 0 Å². The molecule has 1 N–H and O–H groups in total. The minimum Gasteiger partial charge on any atom is -0.496 e. The van der Waals surface area contributed by atoms with Crippen LogP contribution in [0.2, 0.25) is 5.31 Å². The first kappa shape index (κ1) is 19.5. The Balaban J connectivity index is 2.53. The second kappa shape index (κ2) is 6.82. The summed E-state index contributed by atoms with van der Waals surface area (Å²) in [6, 6.07) is 3.07. The molecule has 1 amide bonds. The lowest BCUT2D eigenvalue weighted by Gasteiger charge is -2.57. The number of amides is 1. The third-order valence-electron chi connectivity index (χ3n) is 5.01. The first-order valence-corrected chi connectivity index (χ1v) is 8.18. The van der Waals surface area contributed by atoms with Crippen LogP contribution in [0.15, 0.2) is 12.1 Å². The van der Waals surface area contributed by atoms with Crippen LogP contribution in [0.25, 0.3) is 0 Å². The van der Waals surface area contributed by atoms with Crippen molar-refractivity contribution in [1.82, 2.24) is 5.32 Å². The molecule has 0 bridgehead atoms. The van der Waals surface area contributed by atoms with Gasteiger partial charge in [0, 0.05) is 17.5 Å². The molecule has 0 spiro atoms. The smallest absolute Gasteiger partial charge is 0.387 e. The third kappa shape index (κ3) is 3.45. The lowest BCUT2D eigenvalue weighted by Crippen LogP contribution is -2.66. The number of methoxy groups -OCH3 is 1. The Hall–Kier alpha value is -1.83. The molecule has 1 aliphatic heterocycles. The number of carbonyl (C=O) groups is 1. The van der Waals surface area contributed by atoms with Gasteiger partial charge in [0.25, 0.3) is 5.91 Å². The fraction of sp³-hybridized carbons (Fsp3) is 0.588. The summed E-state index contributed by atoms with van der Waals surface area (Å²) in [5, 5.41) is 2.35. The number of hydrogen-bond donors (Lipinski definition) is 1. The molecule has 0 aliphatic carbocycles. The number of halogens is 2. The van der Waals surface area contributed by atoms with E-state index in [1.54, 1.807) is 13.0 Å². The van der Waals surface area contributed by atoms with Gasteiger partial charge in [-0.1, -0.05) is 13.8 Å². The van der Waals surface area contributed by atoms with Crippen LogP contribution in [0.5, 0.6) is 11.5 Å². The molecule has 138 valence electrons. The highest BCUT2D eigenvalue weighted by atomic mass is 19.3. The summed E-state index contributed by atoms with van der Waals surface area (Å²) >= 11 is 0. The van der Waals surface area contributed by atoms with Crippen molar-refractivity contribution in [3.63, 3.8) is 0 Å². The van der Waals surface area contributed by atoms with Gasteiger partial charge in [-0.3, -0.25) is 4.79 Å². The van der Waals surface area contributed by atoms with Crippen LogP contribution < -0.4 is 20.3 Å². The average molecular weight is 355 g/mol. The largest absolute Gasteiger partial charge is 0.496 e. The van der Waals surface area contributed by atoms with Crippen LogP contribution in [0.4, 0.5) is 8.78 Å². The van der Waals surface area contributed by atoms with Crippen LogP contribution >= 0.6 is 0 Å². The van der Waals surface area contributed by atoms with Crippen molar-refractivity contribution in [3.8, 4) is 11.5 Å². The third-order valence-corrected chi connectivity index (χ3v) is 5.01. The number of ether oxygens (including phenoxy) is 2. The summed E-state index contributed by atoms with van der Waals surface area (Å²) in [6.45, 7) is 6.74. The molecule has 1 heterocycles. The van der Waals surface area contributed by atoms with E-state index in [0.717, 1.165) is 0 Å². The quantitative estimate of drug-likeness (QED) is 0.798. The van der Waals surface area contributed by atoms with Crippen LogP contribution in [-0.4, -0.2) is 38.7 Å². The molecule has 0 atom stereocenters. The molecule has 0 aromatic heterocycles. The SMILES string of the molecule is CCNC(=O)c1c(OC)cc(B2OC(C)(C)C2(C)C)cc1OC(F)F. The maximum Gasteiger partial charge on any atom is 0.387 e. The summed E-state index contributed by atoms with van der Waals surface area (Å²) in [5.74, 6) is -0.585. The van der Waals surface area contributed by atoms with E-state index in [-0.39, 0.29) is 34.9 Å². The molecule has 25 heavy (non-hydrogen) atoms. The van der Waals surface area contributed by atoms with Gasteiger partial charge in [0.05, 0.1) is 7.11 Å². The van der Waals surface area contributed by atoms with Gasteiger partial charge in [-0.05, 0) is 38.4 Å². The number of nitrogens with one attached hydrogen (secondary N) is 1. The highest BCUT2D eigenvalue weighted by Crippen LogP contribution is 2.53. The zero-order valence-electron chi connectivity index (χ0n) is 15.4. The van der Waals surface area contributed by atoms with Crippen molar-refractivity contribution in [2.75, 3.05) is 13.7 Å². The van der Waals surface area contributed by atoms with Gasteiger partial charge in [0.15, 0.2) is 0 Å². The number of benzene rings is 1. The molecule has 2 rings (SSSR count). The normalized spacial score (nSPS) is 17.9. The second-order valence-electron chi connectivity index (χ2n) is 7.06. The Kier molecular flexibility index (Phi) is 5.32. The Bertz CT molecular complexity index is 664. The summed E-state index contributed by atoms with van der Waals surface area (Å²) in [5.41, 5.74) is 0.224. The lowest BCUT2D eigenvalue weighted by molar-refractivity contribution is -0.0503. The van der Waals surface area contributed by atoms with E-state index in [2.05, 4.69) is 10.1 Å². The Morgan fingerprint density at radius 3 is 2.32 bits per heavy atom. The fourth-order valence-electron chi connectivity index (χ4n) is 2.92. The number of carbonyl (C=O) groups excluding carboxylic acids is 1. The number of rotatable bonds is 6. The summed E-state index contributed by atoms with van der Waals surface area (Å²) < 4.78 is 41.5. The second-order valence-corrected chi connectivity index (χ2v) is 7.06. The molecular weight excluding hydrogens is 331 g/mol. The van der Waals surface area contributed by atoms with Crippen LogP contribution in [0.1, 0.15) is 45.0 Å². The number of alkyl halides is 2. The predicted octanol–water partition coefficient (Wildman–Crippen LogP) is 2.83. The van der Waals surface area contributed by atoms with E-state index in [1.165, 1.54) is 13.2 Å². The molecule has 1 aromatic carbocycles. The maximum atomic E-state index is 12.9. The van der Waals surface area contributed by atoms with Crippen molar-refractivity contribution in [1.29, 1.82) is 0 Å². The van der Waals surface area contributed by atoms with E-state index in [4.69, 9.17) is 9.39 Å². The molecule has 1 aliphatic rings. The molecule has 0 unspecified atom stereocenters. The first-order valence-electron chi connectivity index (χ1n) is 8.18. The molecule has 0 saturated carbocycles. The van der Waals surface area contributed by atoms with Crippen LogP contribution in [0.3, 0.4) is 0 Å². The fourth-order valence-corrected chi connectivity index (χ4v) is 2.92. The molecular formula is C17H24BF2NO4. The molecule has 1 fully saturated rings. The van der Waals surface area contributed by atoms with E-state index >= 15 is 0 Å². The highest BCUT2D eigenvalue weighted by Gasteiger charge is 2.59.